The molecular weight excluding hydrogens is 767 g/mol. The summed E-state index contributed by atoms with van der Waals surface area (Å²) in [4.78, 5) is 85.9. The summed E-state index contributed by atoms with van der Waals surface area (Å²) < 4.78 is 5.87. The number of rotatable bonds is 21. The molecule has 6 atom stereocenters. The fourth-order valence-electron chi connectivity index (χ4n) is 7.28. The number of nitrogens with zero attached hydrogens (tertiary/aromatic N) is 4. The first kappa shape index (κ1) is 47.7. The van der Waals surface area contributed by atoms with Crippen LogP contribution >= 0.6 is 11.3 Å². The third kappa shape index (κ3) is 13.2. The van der Waals surface area contributed by atoms with Gasteiger partial charge in [-0.3, -0.25) is 34.2 Å². The number of piperidine rings is 1. The normalized spacial score (nSPS) is 17.3. The molecule has 17 heteroatoms. The molecule has 2 heterocycles. The number of alkyl carbamates (subject to hydrolysis) is 1. The minimum Gasteiger partial charge on any atom is -0.481 e. The Hall–Kier alpha value is -4.64. The van der Waals surface area contributed by atoms with E-state index in [4.69, 9.17) is 4.74 Å². The number of carboxylic acids is 1. The van der Waals surface area contributed by atoms with Gasteiger partial charge in [-0.25, -0.2) is 9.78 Å². The molecule has 0 bridgehead atoms. The van der Waals surface area contributed by atoms with Gasteiger partial charge in [0.05, 0.1) is 16.4 Å². The van der Waals surface area contributed by atoms with Crippen molar-refractivity contribution in [2.75, 3.05) is 27.2 Å². The van der Waals surface area contributed by atoms with Crippen LogP contribution in [-0.4, -0.2) is 106 Å². The van der Waals surface area contributed by atoms with Crippen LogP contribution in [0, 0.1) is 27.4 Å². The van der Waals surface area contributed by atoms with Gasteiger partial charge in [0.1, 0.15) is 16.7 Å². The van der Waals surface area contributed by atoms with Gasteiger partial charge in [0.2, 0.25) is 11.8 Å². The number of amides is 4. The van der Waals surface area contributed by atoms with Crippen LogP contribution in [0.15, 0.2) is 29.6 Å². The van der Waals surface area contributed by atoms with Crippen LogP contribution in [0.25, 0.3) is 0 Å². The van der Waals surface area contributed by atoms with Crippen molar-refractivity contribution in [3.63, 3.8) is 0 Å². The number of nitro groups is 1. The molecular formula is C41H63N7O9S. The van der Waals surface area contributed by atoms with E-state index in [0.29, 0.717) is 30.0 Å². The predicted octanol–water partition coefficient (Wildman–Crippen LogP) is 5.96. The molecule has 1 aromatic carbocycles. The van der Waals surface area contributed by atoms with E-state index >= 15 is 0 Å². The molecule has 0 saturated carbocycles. The lowest BCUT2D eigenvalue weighted by atomic mass is 9.84. The lowest BCUT2D eigenvalue weighted by Gasteiger charge is -2.40. The van der Waals surface area contributed by atoms with E-state index in [2.05, 4.69) is 20.9 Å². The zero-order valence-corrected chi connectivity index (χ0v) is 36.2. The Morgan fingerprint density at radius 3 is 2.33 bits per heavy atom. The van der Waals surface area contributed by atoms with Crippen molar-refractivity contribution in [2.45, 2.75) is 130 Å². The van der Waals surface area contributed by atoms with Gasteiger partial charge in [0.25, 0.3) is 11.6 Å². The molecule has 4 N–H and O–H groups in total. The number of benzene rings is 1. The highest BCUT2D eigenvalue weighted by Crippen LogP contribution is 2.32. The zero-order chi connectivity index (χ0) is 43.3. The Morgan fingerprint density at radius 2 is 1.78 bits per heavy atom. The average molecular weight is 830 g/mol. The molecule has 1 fully saturated rings. The third-order valence-corrected chi connectivity index (χ3v) is 11.9. The van der Waals surface area contributed by atoms with Gasteiger partial charge >= 0.3 is 12.1 Å². The number of likely N-dealkylation sites (tertiary alicyclic amines) is 1. The minimum atomic E-state index is -1.21. The van der Waals surface area contributed by atoms with Gasteiger partial charge in [-0.2, -0.15) is 0 Å². The van der Waals surface area contributed by atoms with Crippen molar-refractivity contribution in [1.82, 2.24) is 30.7 Å². The SMILES string of the molecule is CCCN(C(=O)[C@@H](NC(=O)[C@H]1CCCCN1C)[C@@H](C)CC)[C@H](C[C@@H](OC(=O)NC)c1nc(C(=O)N[C@@H](Cc2ccc([N+](=O)[O-])cc2)CC(C)(C)C(=O)O)cs1)C(C)C. The third-order valence-electron chi connectivity index (χ3n) is 11.0. The van der Waals surface area contributed by atoms with E-state index < -0.39 is 52.5 Å². The van der Waals surface area contributed by atoms with Gasteiger partial charge in [0.15, 0.2) is 6.10 Å². The topological polar surface area (TPSA) is 213 Å². The Kier molecular flexibility index (Phi) is 18.0. The Bertz CT molecular complexity index is 1720. The maximum atomic E-state index is 14.6. The second-order valence-electron chi connectivity index (χ2n) is 16.3. The minimum absolute atomic E-state index is 0.0298. The van der Waals surface area contributed by atoms with Crippen molar-refractivity contribution in [1.29, 1.82) is 0 Å². The molecule has 58 heavy (non-hydrogen) atoms. The quantitative estimate of drug-likeness (QED) is 0.0851. The zero-order valence-electron chi connectivity index (χ0n) is 35.4. The van der Waals surface area contributed by atoms with Crippen LogP contribution in [0.5, 0.6) is 0 Å². The highest BCUT2D eigenvalue weighted by Gasteiger charge is 2.39. The lowest BCUT2D eigenvalue weighted by molar-refractivity contribution is -0.384. The number of ether oxygens (including phenoxy) is 1. The molecule has 1 aliphatic heterocycles. The maximum Gasteiger partial charge on any atom is 0.407 e. The maximum absolute atomic E-state index is 14.6. The Labute approximate surface area is 346 Å². The number of carbonyl (C=O) groups is 5. The van der Waals surface area contributed by atoms with Crippen LogP contribution in [0.3, 0.4) is 0 Å². The number of nitro benzene ring substituents is 1. The molecule has 3 rings (SSSR count). The number of non-ortho nitro benzene ring substituents is 1. The highest BCUT2D eigenvalue weighted by molar-refractivity contribution is 7.09. The summed E-state index contributed by atoms with van der Waals surface area (Å²) >= 11 is 1.12. The molecule has 2 aromatic rings. The molecule has 16 nitrogen and oxygen atoms in total. The van der Waals surface area contributed by atoms with E-state index in [0.717, 1.165) is 37.1 Å². The second kappa shape index (κ2) is 21.9. The average Bonchev–Trinajstić information content (AvgIpc) is 3.68. The van der Waals surface area contributed by atoms with Crippen LogP contribution in [-0.2, 0) is 25.5 Å². The van der Waals surface area contributed by atoms with Crippen LogP contribution < -0.4 is 16.0 Å². The van der Waals surface area contributed by atoms with E-state index in [1.807, 2.05) is 46.6 Å². The number of carbonyl (C=O) groups excluding carboxylic acids is 4. The summed E-state index contributed by atoms with van der Waals surface area (Å²) in [6, 6.07) is 3.64. The number of likely N-dealkylation sites (N-methyl/N-ethyl adjacent to an activating group) is 1. The van der Waals surface area contributed by atoms with Crippen molar-refractivity contribution in [3.8, 4) is 0 Å². The molecule has 1 aromatic heterocycles. The monoisotopic (exact) mass is 829 g/mol. The molecule has 0 radical (unpaired) electrons. The van der Waals surface area contributed by atoms with Crippen LogP contribution in [0.2, 0.25) is 0 Å². The number of nitrogens with one attached hydrogen (secondary N) is 3. The molecule has 4 amide bonds. The van der Waals surface area contributed by atoms with Crippen molar-refractivity contribution in [2.24, 2.45) is 17.3 Å². The Morgan fingerprint density at radius 1 is 1.10 bits per heavy atom. The van der Waals surface area contributed by atoms with Gasteiger partial charge < -0.3 is 30.7 Å². The second-order valence-corrected chi connectivity index (χ2v) is 17.2. The molecule has 1 aliphatic rings. The Balaban J connectivity index is 1.92. The predicted molar refractivity (Wildman–Crippen MR) is 221 cm³/mol. The summed E-state index contributed by atoms with van der Waals surface area (Å²) in [5.41, 5.74) is -0.611. The number of thiazole rings is 1. The van der Waals surface area contributed by atoms with Crippen molar-refractivity contribution >= 4 is 46.8 Å². The molecule has 322 valence electrons. The number of hydrogen-bond acceptors (Lipinski definition) is 11. The van der Waals surface area contributed by atoms with E-state index in [1.54, 1.807) is 30.9 Å². The van der Waals surface area contributed by atoms with E-state index in [-0.39, 0.29) is 60.3 Å². The van der Waals surface area contributed by atoms with Crippen molar-refractivity contribution < 1.29 is 38.7 Å². The summed E-state index contributed by atoms with van der Waals surface area (Å²) in [5, 5.41) is 31.4. The first-order valence-corrected chi connectivity index (χ1v) is 21.1. The van der Waals surface area contributed by atoms with Gasteiger partial charge in [-0.1, -0.05) is 59.6 Å². The summed E-state index contributed by atoms with van der Waals surface area (Å²) in [6.07, 6.45) is 2.74. The summed E-state index contributed by atoms with van der Waals surface area (Å²) in [7, 11) is 3.36. The standard InChI is InChI=1S/C41H63N7O9S/c1-10-19-47(38(51)34(26(5)11-2)45-36(50)31-14-12-13-20-46(31)9)32(25(3)4)22-33(57-40(54)42-8)37-44-30(24-58-37)35(49)43-28(23-41(6,7)39(52)53)21-27-15-17-29(18-16-27)48(55)56/h15-18,24-26,28,31-34H,10-14,19-23H2,1-9H3,(H,42,54)(H,43,49)(H,45,50)(H,52,53)/t26-,28-,31+,32+,33+,34-/m0/s1. The van der Waals surface area contributed by atoms with E-state index in [1.165, 1.54) is 24.6 Å². The molecule has 0 unspecified atom stereocenters. The largest absolute Gasteiger partial charge is 0.481 e. The number of hydrogen-bond donors (Lipinski definition) is 4. The van der Waals surface area contributed by atoms with Crippen molar-refractivity contribution in [3.05, 3.63) is 56.0 Å². The smallest absolute Gasteiger partial charge is 0.407 e. The van der Waals surface area contributed by atoms with Crippen LogP contribution in [0.4, 0.5) is 10.5 Å². The first-order chi connectivity index (χ1) is 27.3. The van der Waals surface area contributed by atoms with Gasteiger partial charge in [0, 0.05) is 49.6 Å². The lowest BCUT2D eigenvalue weighted by Crippen LogP contribution is -2.58. The molecule has 1 saturated heterocycles. The number of aromatic nitrogens is 1. The van der Waals surface area contributed by atoms with E-state index in [9.17, 15) is 39.2 Å². The first-order valence-electron chi connectivity index (χ1n) is 20.3. The number of aliphatic carboxylic acids is 1. The number of carboxylic acid groups (broad SMARTS) is 1. The van der Waals surface area contributed by atoms with Crippen LogP contribution in [0.1, 0.15) is 121 Å². The fraction of sp³-hybridized carbons (Fsp3) is 0.659. The molecule has 0 spiro atoms. The fourth-order valence-corrected chi connectivity index (χ4v) is 8.12. The molecule has 0 aliphatic carbocycles. The van der Waals surface area contributed by atoms with Gasteiger partial charge in [-0.05, 0) is 76.9 Å². The highest BCUT2D eigenvalue weighted by atomic mass is 32.1. The van der Waals surface area contributed by atoms with Gasteiger partial charge in [-0.15, -0.1) is 11.3 Å². The summed E-state index contributed by atoms with van der Waals surface area (Å²) in [6.45, 7) is 14.2. The summed E-state index contributed by atoms with van der Waals surface area (Å²) in [5.74, 6) is -2.25.